The van der Waals surface area contributed by atoms with Gasteiger partial charge in [-0.15, -0.1) is 0 Å². The molecule has 1 aliphatic heterocycles. The minimum atomic E-state index is -0.234. The zero-order chi connectivity index (χ0) is 10.7. The largest absolute Gasteiger partial charge is 0.367 e. The van der Waals surface area contributed by atoms with Crippen LogP contribution in [0.2, 0.25) is 0 Å². The number of nitrogen functional groups attached to an aromatic ring is 1. The summed E-state index contributed by atoms with van der Waals surface area (Å²) in [4.78, 5) is 11.6. The van der Waals surface area contributed by atoms with Crippen molar-refractivity contribution < 1.29 is 9.32 Å². The predicted octanol–water partition coefficient (Wildman–Crippen LogP) is -0.261. The van der Waals surface area contributed by atoms with E-state index in [0.29, 0.717) is 18.2 Å². The minimum Gasteiger partial charge on any atom is -0.367 e. The fourth-order valence-electron chi connectivity index (χ4n) is 1.66. The molecule has 6 nitrogen and oxygen atoms in total. The number of carbonyl (C=O) groups excluding carboxylic acids is 1. The van der Waals surface area contributed by atoms with E-state index in [2.05, 4.69) is 20.3 Å². The Bertz CT molecular complexity index is 344. The Labute approximate surface area is 87.2 Å². The van der Waals surface area contributed by atoms with Gasteiger partial charge in [-0.25, -0.2) is 0 Å². The smallest absolute Gasteiger partial charge is 0.258 e. The molecule has 0 saturated carbocycles. The third kappa shape index (κ3) is 2.27. The number of nitrogens with one attached hydrogen (secondary N) is 2. The van der Waals surface area contributed by atoms with Crippen molar-refractivity contribution in [2.45, 2.75) is 18.9 Å². The first-order valence-electron chi connectivity index (χ1n) is 4.99. The number of nitrogens with zero attached hydrogens (tertiary/aromatic N) is 1. The highest BCUT2D eigenvalue weighted by molar-refractivity contribution is 5.97. The van der Waals surface area contributed by atoms with Crippen LogP contribution in [0.3, 0.4) is 0 Å². The first kappa shape index (κ1) is 9.97. The van der Waals surface area contributed by atoms with Crippen LogP contribution in [-0.2, 0) is 0 Å². The molecule has 2 heterocycles. The lowest BCUT2D eigenvalue weighted by molar-refractivity contribution is 0.0951. The summed E-state index contributed by atoms with van der Waals surface area (Å²) in [5, 5.41) is 9.52. The van der Waals surface area contributed by atoms with E-state index in [0.717, 1.165) is 19.4 Å². The molecule has 0 aliphatic carbocycles. The monoisotopic (exact) mass is 210 g/mol. The van der Waals surface area contributed by atoms with Gasteiger partial charge in [0, 0.05) is 12.6 Å². The molecular weight excluding hydrogens is 196 g/mol. The van der Waals surface area contributed by atoms with Gasteiger partial charge in [0.2, 0.25) is 5.88 Å². The van der Waals surface area contributed by atoms with Crippen molar-refractivity contribution in [3.05, 3.63) is 11.8 Å². The number of anilines is 1. The van der Waals surface area contributed by atoms with Crippen LogP contribution < -0.4 is 16.4 Å². The van der Waals surface area contributed by atoms with E-state index in [1.807, 2.05) is 0 Å². The number of rotatable bonds is 3. The molecule has 1 amide bonds. The van der Waals surface area contributed by atoms with Gasteiger partial charge >= 0.3 is 0 Å². The van der Waals surface area contributed by atoms with Gasteiger partial charge in [0.25, 0.3) is 5.91 Å². The molecule has 4 N–H and O–H groups in total. The zero-order valence-corrected chi connectivity index (χ0v) is 8.32. The predicted molar refractivity (Wildman–Crippen MR) is 54.3 cm³/mol. The molecule has 0 spiro atoms. The SMILES string of the molecule is Nc1oncc1C(=O)NCC1CCCN1. The highest BCUT2D eigenvalue weighted by Gasteiger charge is 2.17. The lowest BCUT2D eigenvalue weighted by atomic mass is 10.2. The lowest BCUT2D eigenvalue weighted by Gasteiger charge is -2.10. The van der Waals surface area contributed by atoms with E-state index in [4.69, 9.17) is 5.73 Å². The Morgan fingerprint density at radius 3 is 3.27 bits per heavy atom. The molecule has 1 atom stereocenters. The van der Waals surface area contributed by atoms with E-state index in [9.17, 15) is 4.79 Å². The maximum atomic E-state index is 11.6. The second-order valence-electron chi connectivity index (χ2n) is 3.61. The number of carbonyl (C=O) groups is 1. The number of nitrogens with two attached hydrogens (primary N) is 1. The quantitative estimate of drug-likeness (QED) is 0.639. The van der Waals surface area contributed by atoms with E-state index in [1.54, 1.807) is 0 Å². The van der Waals surface area contributed by atoms with Crippen LogP contribution in [0.15, 0.2) is 10.7 Å². The van der Waals surface area contributed by atoms with Gasteiger partial charge < -0.3 is 20.9 Å². The van der Waals surface area contributed by atoms with Gasteiger partial charge in [0.1, 0.15) is 5.56 Å². The summed E-state index contributed by atoms with van der Waals surface area (Å²) < 4.78 is 4.61. The molecule has 0 radical (unpaired) electrons. The van der Waals surface area contributed by atoms with Crippen LogP contribution in [0.4, 0.5) is 5.88 Å². The summed E-state index contributed by atoms with van der Waals surface area (Å²) in [6.45, 7) is 1.64. The molecule has 1 fully saturated rings. The lowest BCUT2D eigenvalue weighted by Crippen LogP contribution is -2.37. The second-order valence-corrected chi connectivity index (χ2v) is 3.61. The Hall–Kier alpha value is -1.56. The third-order valence-electron chi connectivity index (χ3n) is 2.51. The molecule has 0 bridgehead atoms. The van der Waals surface area contributed by atoms with Crippen LogP contribution >= 0.6 is 0 Å². The van der Waals surface area contributed by atoms with Crippen molar-refractivity contribution in [1.29, 1.82) is 0 Å². The molecule has 1 saturated heterocycles. The van der Waals surface area contributed by atoms with Crippen LogP contribution in [0.5, 0.6) is 0 Å². The van der Waals surface area contributed by atoms with Crippen LogP contribution in [0.1, 0.15) is 23.2 Å². The second kappa shape index (κ2) is 4.31. The summed E-state index contributed by atoms with van der Waals surface area (Å²) in [7, 11) is 0. The molecule has 6 heteroatoms. The van der Waals surface area contributed by atoms with Crippen molar-refractivity contribution >= 4 is 11.8 Å². The number of hydrogen-bond acceptors (Lipinski definition) is 5. The Kier molecular flexibility index (Phi) is 2.86. The topological polar surface area (TPSA) is 93.2 Å². The van der Waals surface area contributed by atoms with Crippen molar-refractivity contribution in [3.63, 3.8) is 0 Å². The van der Waals surface area contributed by atoms with Crippen LogP contribution in [0, 0.1) is 0 Å². The van der Waals surface area contributed by atoms with Gasteiger partial charge in [-0.05, 0) is 19.4 Å². The standard InChI is InChI=1S/C9H14N4O2/c10-8-7(5-13-15-8)9(14)12-4-6-2-1-3-11-6/h5-6,11H,1-4,10H2,(H,12,14). The molecular formula is C9H14N4O2. The van der Waals surface area contributed by atoms with E-state index in [-0.39, 0.29) is 11.8 Å². The highest BCUT2D eigenvalue weighted by Crippen LogP contribution is 2.09. The average molecular weight is 210 g/mol. The summed E-state index contributed by atoms with van der Waals surface area (Å²) in [5.74, 6) is -0.172. The molecule has 15 heavy (non-hydrogen) atoms. The molecule has 0 aromatic carbocycles. The molecule has 1 aromatic rings. The normalized spacial score (nSPS) is 20.4. The molecule has 82 valence electrons. The number of hydrogen-bond donors (Lipinski definition) is 3. The van der Waals surface area contributed by atoms with E-state index < -0.39 is 0 Å². The minimum absolute atomic E-state index is 0.0619. The summed E-state index contributed by atoms with van der Waals surface area (Å²) in [6, 6.07) is 0.370. The van der Waals surface area contributed by atoms with Gasteiger partial charge in [-0.1, -0.05) is 5.16 Å². The third-order valence-corrected chi connectivity index (χ3v) is 2.51. The van der Waals surface area contributed by atoms with Crippen molar-refractivity contribution in [3.8, 4) is 0 Å². The summed E-state index contributed by atoms with van der Waals surface area (Å²) in [6.07, 6.45) is 3.59. The fourth-order valence-corrected chi connectivity index (χ4v) is 1.66. The van der Waals surface area contributed by atoms with Crippen LogP contribution in [-0.4, -0.2) is 30.2 Å². The maximum absolute atomic E-state index is 11.6. The number of aromatic nitrogens is 1. The summed E-state index contributed by atoms with van der Waals surface area (Å²) in [5.41, 5.74) is 5.72. The van der Waals surface area contributed by atoms with Crippen LogP contribution in [0.25, 0.3) is 0 Å². The van der Waals surface area contributed by atoms with E-state index >= 15 is 0 Å². The Morgan fingerprint density at radius 1 is 1.80 bits per heavy atom. The zero-order valence-electron chi connectivity index (χ0n) is 8.32. The van der Waals surface area contributed by atoms with Crippen molar-refractivity contribution in [2.75, 3.05) is 18.8 Å². The molecule has 2 rings (SSSR count). The Balaban J connectivity index is 1.84. The van der Waals surface area contributed by atoms with E-state index in [1.165, 1.54) is 6.20 Å². The van der Waals surface area contributed by atoms with Gasteiger partial charge in [-0.2, -0.15) is 0 Å². The molecule has 1 aromatic heterocycles. The first-order chi connectivity index (χ1) is 7.27. The number of amides is 1. The highest BCUT2D eigenvalue weighted by atomic mass is 16.5. The Morgan fingerprint density at radius 2 is 2.67 bits per heavy atom. The van der Waals surface area contributed by atoms with Gasteiger partial charge in [-0.3, -0.25) is 4.79 Å². The van der Waals surface area contributed by atoms with Gasteiger partial charge in [0.05, 0.1) is 6.20 Å². The van der Waals surface area contributed by atoms with Crippen molar-refractivity contribution in [1.82, 2.24) is 15.8 Å². The molecule has 1 unspecified atom stereocenters. The van der Waals surface area contributed by atoms with Crippen molar-refractivity contribution in [2.24, 2.45) is 0 Å². The summed E-state index contributed by atoms with van der Waals surface area (Å²) >= 11 is 0. The maximum Gasteiger partial charge on any atom is 0.258 e. The first-order valence-corrected chi connectivity index (χ1v) is 4.99. The molecule has 1 aliphatic rings. The average Bonchev–Trinajstić information content (AvgIpc) is 2.84. The fraction of sp³-hybridized carbons (Fsp3) is 0.556. The van der Waals surface area contributed by atoms with Gasteiger partial charge in [0.15, 0.2) is 0 Å².